The highest BCUT2D eigenvalue weighted by atomic mass is 32.2. The van der Waals surface area contributed by atoms with E-state index in [1.54, 1.807) is 20.8 Å². The molecule has 1 unspecified atom stereocenters. The fourth-order valence-corrected chi connectivity index (χ4v) is 3.17. The second kappa shape index (κ2) is 7.21. The second-order valence-electron chi connectivity index (χ2n) is 8.46. The van der Waals surface area contributed by atoms with Crippen LogP contribution >= 0.6 is 0 Å². The number of carbonyl (C=O) groups is 1. The lowest BCUT2D eigenvalue weighted by Gasteiger charge is -2.35. The summed E-state index contributed by atoms with van der Waals surface area (Å²) in [5.74, 6) is -3.39. The van der Waals surface area contributed by atoms with E-state index < -0.39 is 51.1 Å². The number of carboxylic acid groups (broad SMARTS) is 1. The molecule has 1 aromatic rings. The summed E-state index contributed by atoms with van der Waals surface area (Å²) in [5.41, 5.74) is -1.61. The van der Waals surface area contributed by atoms with Gasteiger partial charge in [-0.05, 0) is 44.7 Å². The van der Waals surface area contributed by atoms with Gasteiger partial charge in [-0.1, -0.05) is 26.8 Å². The minimum absolute atomic E-state index is 0.141. The van der Waals surface area contributed by atoms with Gasteiger partial charge in [-0.25, -0.2) is 8.78 Å². The van der Waals surface area contributed by atoms with E-state index in [0.29, 0.717) is 5.56 Å². The van der Waals surface area contributed by atoms with Crippen molar-refractivity contribution in [3.63, 3.8) is 0 Å². The maximum Gasteiger partial charge on any atom is 0.305 e. The summed E-state index contributed by atoms with van der Waals surface area (Å²) in [6.07, 6.45) is -0.543. The average molecular weight is 375 g/mol. The molecule has 25 heavy (non-hydrogen) atoms. The largest absolute Gasteiger partial charge is 0.598 e. The first-order chi connectivity index (χ1) is 11.1. The van der Waals surface area contributed by atoms with Gasteiger partial charge in [0.2, 0.25) is 0 Å². The summed E-state index contributed by atoms with van der Waals surface area (Å²) in [4.78, 5) is 11.3. The molecule has 7 heteroatoms. The van der Waals surface area contributed by atoms with Crippen molar-refractivity contribution in [3.05, 3.63) is 34.9 Å². The predicted octanol–water partition coefficient (Wildman–Crippen LogP) is 4.00. The third-order valence-electron chi connectivity index (χ3n) is 3.87. The number of nitrogens with one attached hydrogen (secondary N) is 1. The van der Waals surface area contributed by atoms with Crippen LogP contribution in [0.5, 0.6) is 0 Å². The van der Waals surface area contributed by atoms with Gasteiger partial charge in [0, 0.05) is 16.9 Å². The van der Waals surface area contributed by atoms with Crippen molar-refractivity contribution in [1.29, 1.82) is 0 Å². The number of aliphatic carboxylic acids is 1. The Kier molecular flexibility index (Phi) is 6.30. The molecule has 0 bridgehead atoms. The summed E-state index contributed by atoms with van der Waals surface area (Å²) >= 11 is -1.67. The molecule has 0 spiro atoms. The Hall–Kier alpha value is -1.18. The quantitative estimate of drug-likeness (QED) is 0.763. The highest BCUT2D eigenvalue weighted by Gasteiger charge is 2.41. The molecule has 0 saturated heterocycles. The van der Waals surface area contributed by atoms with Gasteiger partial charge in [0.1, 0.15) is 4.75 Å². The zero-order valence-corrected chi connectivity index (χ0v) is 16.6. The lowest BCUT2D eigenvalue weighted by Crippen LogP contribution is -2.51. The predicted molar refractivity (Wildman–Crippen MR) is 95.7 cm³/mol. The van der Waals surface area contributed by atoms with Crippen LogP contribution in [0.15, 0.2) is 12.1 Å². The van der Waals surface area contributed by atoms with Gasteiger partial charge >= 0.3 is 5.97 Å². The molecule has 2 atom stereocenters. The molecule has 142 valence electrons. The number of carboxylic acids is 1. The third kappa shape index (κ3) is 5.39. The van der Waals surface area contributed by atoms with Crippen LogP contribution in [0.2, 0.25) is 0 Å². The Labute approximate surface area is 151 Å². The molecule has 0 aliphatic carbocycles. The third-order valence-corrected chi connectivity index (χ3v) is 5.62. The van der Waals surface area contributed by atoms with E-state index in [1.165, 1.54) is 13.0 Å². The van der Waals surface area contributed by atoms with E-state index in [0.717, 1.165) is 6.07 Å². The lowest BCUT2D eigenvalue weighted by atomic mass is 9.81. The zero-order chi connectivity index (χ0) is 19.8. The van der Waals surface area contributed by atoms with Crippen LogP contribution in [0.1, 0.15) is 66.0 Å². The van der Waals surface area contributed by atoms with Gasteiger partial charge in [-0.2, -0.15) is 0 Å². The maximum absolute atomic E-state index is 14.6. The van der Waals surface area contributed by atoms with Crippen LogP contribution < -0.4 is 4.72 Å². The first-order valence-electron chi connectivity index (χ1n) is 7.99. The number of halogens is 2. The van der Waals surface area contributed by atoms with Crippen LogP contribution in [0.4, 0.5) is 8.78 Å². The Balaban J connectivity index is 3.55. The number of hydrogen-bond acceptors (Lipinski definition) is 3. The average Bonchev–Trinajstić information content (AvgIpc) is 2.37. The highest BCUT2D eigenvalue weighted by Crippen LogP contribution is 2.35. The van der Waals surface area contributed by atoms with Crippen LogP contribution in [-0.2, 0) is 27.1 Å². The van der Waals surface area contributed by atoms with Crippen molar-refractivity contribution < 1.29 is 23.2 Å². The molecular formula is C18H27F2NO3S. The van der Waals surface area contributed by atoms with E-state index in [-0.39, 0.29) is 5.56 Å². The summed E-state index contributed by atoms with van der Waals surface area (Å²) in [6.45, 7) is 12.1. The van der Waals surface area contributed by atoms with Gasteiger partial charge in [-0.15, -0.1) is 4.72 Å². The van der Waals surface area contributed by atoms with Crippen molar-refractivity contribution in [3.8, 4) is 0 Å². The van der Waals surface area contributed by atoms with Crippen LogP contribution in [0, 0.1) is 11.6 Å². The number of benzene rings is 1. The Morgan fingerprint density at radius 3 is 2.08 bits per heavy atom. The molecule has 4 nitrogen and oxygen atoms in total. The smallest absolute Gasteiger partial charge is 0.305 e. The van der Waals surface area contributed by atoms with E-state index in [9.17, 15) is 23.2 Å². The second-order valence-corrected chi connectivity index (χ2v) is 10.4. The van der Waals surface area contributed by atoms with E-state index in [1.807, 2.05) is 20.8 Å². The Bertz CT molecular complexity index is 653. The monoisotopic (exact) mass is 375 g/mol. The molecule has 0 heterocycles. The molecule has 0 amide bonds. The minimum atomic E-state index is -1.67. The first kappa shape index (κ1) is 21.9. The Morgan fingerprint density at radius 1 is 1.16 bits per heavy atom. The number of hydrogen-bond donors (Lipinski definition) is 2. The van der Waals surface area contributed by atoms with Crippen LogP contribution in [0.25, 0.3) is 0 Å². The molecule has 1 rings (SSSR count). The molecule has 0 aliphatic rings. The molecule has 0 aliphatic heterocycles. The SMILES string of the molecule is CC(C)(C)c1cc(F)c(F)c(C(C)(CC(=O)O)N[S@+]([O-])C(C)(C)C)c1. The molecule has 0 saturated carbocycles. The summed E-state index contributed by atoms with van der Waals surface area (Å²) in [6, 6.07) is 2.56. The fourth-order valence-electron chi connectivity index (χ4n) is 2.27. The molecule has 0 aromatic heterocycles. The fraction of sp³-hybridized carbons (Fsp3) is 0.611. The van der Waals surface area contributed by atoms with Crippen molar-refractivity contribution in [2.45, 2.75) is 70.6 Å². The first-order valence-corrected chi connectivity index (χ1v) is 9.14. The van der Waals surface area contributed by atoms with Crippen molar-refractivity contribution in [2.24, 2.45) is 0 Å². The Morgan fingerprint density at radius 2 is 1.68 bits per heavy atom. The van der Waals surface area contributed by atoms with Gasteiger partial charge in [0.25, 0.3) is 0 Å². The van der Waals surface area contributed by atoms with E-state index in [4.69, 9.17) is 0 Å². The highest BCUT2D eigenvalue weighted by molar-refractivity contribution is 7.90. The van der Waals surface area contributed by atoms with Gasteiger partial charge in [0.15, 0.2) is 11.6 Å². The normalized spacial score (nSPS) is 16.4. The summed E-state index contributed by atoms with van der Waals surface area (Å²) in [7, 11) is 0. The summed E-state index contributed by atoms with van der Waals surface area (Å²) < 4.78 is 43.3. The molecule has 0 radical (unpaired) electrons. The molecule has 0 fully saturated rings. The minimum Gasteiger partial charge on any atom is -0.598 e. The van der Waals surface area contributed by atoms with E-state index >= 15 is 0 Å². The maximum atomic E-state index is 14.6. The van der Waals surface area contributed by atoms with Gasteiger partial charge < -0.3 is 9.66 Å². The van der Waals surface area contributed by atoms with Crippen LogP contribution in [-0.4, -0.2) is 20.4 Å². The number of rotatable bonds is 5. The standard InChI is InChI=1S/C18H27F2NO3S/c1-16(2,3)11-8-12(15(20)13(19)9-11)18(7,10-14(22)23)21-25(24)17(4,5)6/h8-9,21H,10H2,1-7H3,(H,22,23)/t18?,25-/m1/s1. The van der Waals surface area contributed by atoms with Gasteiger partial charge in [0.05, 0.1) is 12.0 Å². The molecule has 1 aromatic carbocycles. The lowest BCUT2D eigenvalue weighted by molar-refractivity contribution is -0.138. The molecular weight excluding hydrogens is 348 g/mol. The summed E-state index contributed by atoms with van der Waals surface area (Å²) in [5, 5.41) is 9.26. The van der Waals surface area contributed by atoms with Crippen molar-refractivity contribution >= 4 is 17.3 Å². The van der Waals surface area contributed by atoms with E-state index in [2.05, 4.69) is 4.72 Å². The van der Waals surface area contributed by atoms with Gasteiger partial charge in [-0.3, -0.25) is 4.79 Å². The zero-order valence-electron chi connectivity index (χ0n) is 15.8. The van der Waals surface area contributed by atoms with Crippen LogP contribution in [0.3, 0.4) is 0 Å². The van der Waals surface area contributed by atoms with Crippen molar-refractivity contribution in [2.75, 3.05) is 0 Å². The molecule has 2 N–H and O–H groups in total. The topological polar surface area (TPSA) is 72.4 Å². The van der Waals surface area contributed by atoms with Crippen molar-refractivity contribution in [1.82, 2.24) is 4.72 Å².